The number of hydrogen-bond acceptors (Lipinski definition) is 6. The Labute approximate surface area is 222 Å². The molecule has 1 fully saturated rings. The molecule has 0 aliphatic carbocycles. The maximum Gasteiger partial charge on any atom is 0.260 e. The molecule has 0 spiro atoms. The Balaban J connectivity index is 1.64. The number of aromatic nitrogens is 1. The number of hydrogen-bond donors (Lipinski definition) is 0. The van der Waals surface area contributed by atoms with E-state index in [9.17, 15) is 13.2 Å². The molecule has 1 amide bonds. The van der Waals surface area contributed by atoms with Crippen molar-refractivity contribution in [1.29, 1.82) is 0 Å². The minimum Gasteiger partial charge on any atom is -0.376 e. The summed E-state index contributed by atoms with van der Waals surface area (Å²) in [4.78, 5) is 20.3. The zero-order valence-corrected chi connectivity index (χ0v) is 23.3. The molecule has 3 aromatic rings. The van der Waals surface area contributed by atoms with Crippen molar-refractivity contribution in [3.05, 3.63) is 52.5 Å². The van der Waals surface area contributed by atoms with Gasteiger partial charge in [-0.15, -0.1) is 0 Å². The molecule has 0 radical (unpaired) electrons. The summed E-state index contributed by atoms with van der Waals surface area (Å²) < 4.78 is 34.4. The molecule has 0 N–H and O–H groups in total. The molecule has 0 saturated carbocycles. The predicted molar refractivity (Wildman–Crippen MR) is 146 cm³/mol. The lowest BCUT2D eigenvalue weighted by atomic mass is 10.2. The fourth-order valence-corrected chi connectivity index (χ4v) is 7.27. The third kappa shape index (κ3) is 5.75. The molecule has 1 unspecified atom stereocenters. The number of fused-ring (bicyclic) bond motifs is 1. The molecule has 7 nitrogen and oxygen atoms in total. The van der Waals surface area contributed by atoms with Gasteiger partial charge in [-0.3, -0.25) is 9.69 Å². The molecule has 1 aliphatic heterocycles. The van der Waals surface area contributed by atoms with Crippen LogP contribution in [0.1, 0.15) is 55.5 Å². The lowest BCUT2D eigenvalue weighted by Gasteiger charge is -2.23. The lowest BCUT2D eigenvalue weighted by molar-refractivity contribution is 0.0917. The fourth-order valence-electron chi connectivity index (χ4n) is 4.36. The van der Waals surface area contributed by atoms with E-state index in [1.54, 1.807) is 17.0 Å². The minimum atomic E-state index is -3.62. The van der Waals surface area contributed by atoms with Crippen molar-refractivity contribution in [2.75, 3.05) is 31.1 Å². The van der Waals surface area contributed by atoms with E-state index < -0.39 is 10.0 Å². The van der Waals surface area contributed by atoms with E-state index in [0.29, 0.717) is 42.0 Å². The molecule has 4 rings (SSSR count). The highest BCUT2D eigenvalue weighted by molar-refractivity contribution is 7.89. The molecular weight excluding hydrogens is 518 g/mol. The van der Waals surface area contributed by atoms with Gasteiger partial charge in [-0.25, -0.2) is 13.4 Å². The fraction of sp³-hybridized carbons (Fsp3) is 0.462. The average molecular weight is 550 g/mol. The first-order chi connectivity index (χ1) is 17.2. The van der Waals surface area contributed by atoms with Gasteiger partial charge in [-0.05, 0) is 68.1 Å². The summed E-state index contributed by atoms with van der Waals surface area (Å²) in [5, 5.41) is 1.20. The van der Waals surface area contributed by atoms with Gasteiger partial charge >= 0.3 is 0 Å². The first-order valence-corrected chi connectivity index (χ1v) is 15.0. The number of carbonyl (C=O) groups excluding carboxylic acids is 1. The number of ether oxygens (including phenoxy) is 1. The summed E-state index contributed by atoms with van der Waals surface area (Å²) in [6.07, 6.45) is 3.48. The molecule has 194 valence electrons. The number of halogens is 1. The average Bonchev–Trinajstić information content (AvgIpc) is 3.52. The third-order valence-electron chi connectivity index (χ3n) is 6.38. The molecular formula is C26H32ClN3O4S2. The van der Waals surface area contributed by atoms with Crippen molar-refractivity contribution in [3.8, 4) is 0 Å². The van der Waals surface area contributed by atoms with Crippen LogP contribution in [0.5, 0.6) is 0 Å². The number of unbranched alkanes of at least 4 members (excludes halogenated alkanes) is 1. The number of thiazole rings is 1. The Morgan fingerprint density at radius 3 is 2.61 bits per heavy atom. The third-order valence-corrected chi connectivity index (χ3v) is 9.61. The highest BCUT2D eigenvalue weighted by Gasteiger charge is 2.28. The molecule has 36 heavy (non-hydrogen) atoms. The summed E-state index contributed by atoms with van der Waals surface area (Å²) >= 11 is 7.66. The van der Waals surface area contributed by atoms with Crippen LogP contribution >= 0.6 is 22.9 Å². The Morgan fingerprint density at radius 2 is 1.97 bits per heavy atom. The van der Waals surface area contributed by atoms with E-state index in [1.165, 1.54) is 27.8 Å². The van der Waals surface area contributed by atoms with Gasteiger partial charge in [0.05, 0.1) is 27.8 Å². The highest BCUT2D eigenvalue weighted by atomic mass is 35.5. The number of aryl methyl sites for hydroxylation is 1. The first kappa shape index (κ1) is 27.0. The Kier molecular flexibility index (Phi) is 8.67. The Morgan fingerprint density at radius 1 is 1.22 bits per heavy atom. The molecule has 1 aromatic heterocycles. The second-order valence-corrected chi connectivity index (χ2v) is 12.4. The van der Waals surface area contributed by atoms with E-state index in [0.717, 1.165) is 41.5 Å². The van der Waals surface area contributed by atoms with Crippen LogP contribution in [0.15, 0.2) is 41.3 Å². The van der Waals surface area contributed by atoms with Crippen LogP contribution in [0.2, 0.25) is 5.02 Å². The largest absolute Gasteiger partial charge is 0.376 e. The van der Waals surface area contributed by atoms with Gasteiger partial charge in [0.15, 0.2) is 5.13 Å². The molecule has 2 aromatic carbocycles. The normalized spacial score (nSPS) is 16.2. The van der Waals surface area contributed by atoms with Crippen molar-refractivity contribution in [2.24, 2.45) is 0 Å². The Hall–Kier alpha value is -2.04. The second kappa shape index (κ2) is 11.6. The molecule has 10 heteroatoms. The van der Waals surface area contributed by atoms with E-state index in [2.05, 4.69) is 0 Å². The van der Waals surface area contributed by atoms with Gasteiger partial charge < -0.3 is 4.74 Å². The number of carbonyl (C=O) groups is 1. The predicted octanol–water partition coefficient (Wildman–Crippen LogP) is 5.89. The molecule has 1 aliphatic rings. The van der Waals surface area contributed by atoms with Crippen molar-refractivity contribution >= 4 is 54.2 Å². The maximum atomic E-state index is 13.7. The van der Waals surface area contributed by atoms with Gasteiger partial charge in [0, 0.05) is 30.3 Å². The van der Waals surface area contributed by atoms with Crippen molar-refractivity contribution < 1.29 is 17.9 Å². The maximum absolute atomic E-state index is 13.7. The smallest absolute Gasteiger partial charge is 0.260 e. The van der Waals surface area contributed by atoms with Crippen LogP contribution < -0.4 is 4.90 Å². The van der Waals surface area contributed by atoms with Gasteiger partial charge in [0.2, 0.25) is 10.0 Å². The van der Waals surface area contributed by atoms with Crippen LogP contribution in [-0.2, 0) is 14.8 Å². The van der Waals surface area contributed by atoms with Gasteiger partial charge in [-0.2, -0.15) is 4.31 Å². The summed E-state index contributed by atoms with van der Waals surface area (Å²) in [5.41, 5.74) is 2.16. The van der Waals surface area contributed by atoms with Crippen molar-refractivity contribution in [2.45, 2.75) is 57.5 Å². The molecule has 2 heterocycles. The highest BCUT2D eigenvalue weighted by Crippen LogP contribution is 2.34. The first-order valence-electron chi connectivity index (χ1n) is 12.3. The van der Waals surface area contributed by atoms with Crippen LogP contribution in [0.3, 0.4) is 0 Å². The van der Waals surface area contributed by atoms with Crippen molar-refractivity contribution in [3.63, 3.8) is 0 Å². The SMILES string of the molecule is CCCCN(CC)S(=O)(=O)c1ccc(C(=O)N(CC2CCCO2)c2nc3c(C)cc(Cl)cc3s2)cc1. The van der Waals surface area contributed by atoms with E-state index >= 15 is 0 Å². The monoisotopic (exact) mass is 549 g/mol. The van der Waals surface area contributed by atoms with Crippen LogP contribution in [0.25, 0.3) is 10.2 Å². The molecule has 1 atom stereocenters. The Bertz CT molecular complexity index is 1320. The number of amides is 1. The van der Waals surface area contributed by atoms with Gasteiger partial charge in [0.25, 0.3) is 5.91 Å². The van der Waals surface area contributed by atoms with Gasteiger partial charge in [-0.1, -0.05) is 43.2 Å². The number of benzene rings is 2. The summed E-state index contributed by atoms with van der Waals surface area (Å²) in [7, 11) is -3.62. The van der Waals surface area contributed by atoms with Crippen LogP contribution in [0.4, 0.5) is 5.13 Å². The minimum absolute atomic E-state index is 0.0676. The number of anilines is 1. The summed E-state index contributed by atoms with van der Waals surface area (Å²) in [5.74, 6) is -0.240. The molecule has 0 bridgehead atoms. The summed E-state index contributed by atoms with van der Waals surface area (Å²) in [6, 6.07) is 9.92. The summed E-state index contributed by atoms with van der Waals surface area (Å²) in [6.45, 7) is 7.76. The van der Waals surface area contributed by atoms with Crippen LogP contribution in [0, 0.1) is 6.92 Å². The van der Waals surface area contributed by atoms with Gasteiger partial charge in [0.1, 0.15) is 0 Å². The number of rotatable bonds is 10. The van der Waals surface area contributed by atoms with E-state index in [-0.39, 0.29) is 16.9 Å². The zero-order chi connectivity index (χ0) is 25.9. The number of sulfonamides is 1. The van der Waals surface area contributed by atoms with Crippen molar-refractivity contribution in [1.82, 2.24) is 9.29 Å². The standard InChI is InChI=1S/C26H32ClN3O4S2/c1-4-6-13-29(5-2)36(32,33)22-11-9-19(10-12-22)25(31)30(17-21-8-7-14-34-21)26-28-24-18(3)15-20(27)16-23(24)35-26/h9-12,15-16,21H,4-8,13-14,17H2,1-3H3. The topological polar surface area (TPSA) is 79.8 Å². The number of nitrogens with zero attached hydrogens (tertiary/aromatic N) is 3. The van der Waals surface area contributed by atoms with E-state index in [1.807, 2.05) is 32.9 Å². The molecule has 1 saturated heterocycles. The second-order valence-electron chi connectivity index (χ2n) is 8.99. The van der Waals surface area contributed by atoms with E-state index in [4.69, 9.17) is 21.3 Å². The quantitative estimate of drug-likeness (QED) is 0.315. The zero-order valence-electron chi connectivity index (χ0n) is 20.9. The van der Waals surface area contributed by atoms with Crippen LogP contribution in [-0.4, -0.2) is 56.0 Å². The lowest BCUT2D eigenvalue weighted by Crippen LogP contribution is -2.37.